The predicted molar refractivity (Wildman–Crippen MR) is 84.0 cm³/mol. The van der Waals surface area contributed by atoms with Crippen molar-refractivity contribution in [2.75, 3.05) is 58.9 Å². The van der Waals surface area contributed by atoms with Gasteiger partial charge in [-0.25, -0.2) is 0 Å². The van der Waals surface area contributed by atoms with Gasteiger partial charge in [0, 0.05) is 45.8 Å². The fourth-order valence-electron chi connectivity index (χ4n) is 2.46. The van der Waals surface area contributed by atoms with Crippen molar-refractivity contribution < 1.29 is 19.8 Å². The van der Waals surface area contributed by atoms with E-state index >= 15 is 0 Å². The highest BCUT2D eigenvalue weighted by atomic mass is 16.4. The number of nitrogens with zero attached hydrogens (tertiary/aromatic N) is 3. The van der Waals surface area contributed by atoms with Crippen LogP contribution in [0.5, 0.6) is 0 Å². The van der Waals surface area contributed by atoms with Crippen LogP contribution in [0.1, 0.15) is 13.3 Å². The molecule has 1 heterocycles. The minimum atomic E-state index is -0.850. The molecule has 2 N–H and O–H groups in total. The molecule has 0 bridgehead atoms. The van der Waals surface area contributed by atoms with E-state index < -0.39 is 11.9 Å². The molecule has 126 valence electrons. The van der Waals surface area contributed by atoms with Crippen molar-refractivity contribution in [3.8, 4) is 0 Å². The van der Waals surface area contributed by atoms with Crippen LogP contribution in [0, 0.1) is 0 Å². The van der Waals surface area contributed by atoms with E-state index in [2.05, 4.69) is 11.5 Å². The van der Waals surface area contributed by atoms with Gasteiger partial charge in [-0.2, -0.15) is 0 Å². The van der Waals surface area contributed by atoms with Crippen molar-refractivity contribution >= 4 is 11.9 Å². The third kappa shape index (κ3) is 8.11. The Hall–Kier alpha value is -1.44. The van der Waals surface area contributed by atoms with Crippen LogP contribution in [0.15, 0.2) is 12.2 Å². The number of carboxylic acid groups (broad SMARTS) is 2. The van der Waals surface area contributed by atoms with E-state index in [1.54, 1.807) is 0 Å². The molecule has 7 heteroatoms. The quantitative estimate of drug-likeness (QED) is 0.642. The molecular weight excluding hydrogens is 286 g/mol. The van der Waals surface area contributed by atoms with Crippen molar-refractivity contribution in [2.45, 2.75) is 13.3 Å². The van der Waals surface area contributed by atoms with Crippen LogP contribution in [0.2, 0.25) is 0 Å². The summed E-state index contributed by atoms with van der Waals surface area (Å²) in [6.07, 6.45) is 0.901. The first kappa shape index (κ1) is 18.6. The van der Waals surface area contributed by atoms with E-state index in [1.807, 2.05) is 16.7 Å². The van der Waals surface area contributed by atoms with Crippen LogP contribution >= 0.6 is 0 Å². The average molecular weight is 313 g/mol. The zero-order valence-electron chi connectivity index (χ0n) is 13.3. The van der Waals surface area contributed by atoms with E-state index in [9.17, 15) is 9.59 Å². The predicted octanol–water partition coefficient (Wildman–Crippen LogP) is 0.0414. The van der Waals surface area contributed by atoms with Gasteiger partial charge in [-0.15, -0.1) is 6.58 Å². The van der Waals surface area contributed by atoms with Crippen molar-refractivity contribution in [2.24, 2.45) is 0 Å². The molecule has 0 aromatic rings. The van der Waals surface area contributed by atoms with Gasteiger partial charge in [-0.1, -0.05) is 5.57 Å². The van der Waals surface area contributed by atoms with Crippen LogP contribution < -0.4 is 0 Å². The van der Waals surface area contributed by atoms with Crippen LogP contribution in [-0.4, -0.2) is 95.8 Å². The fraction of sp³-hybridized carbons (Fsp3) is 0.733. The number of carbonyl (C=O) groups is 2. The lowest BCUT2D eigenvalue weighted by Crippen LogP contribution is -2.40. The number of carboxylic acids is 2. The third-order valence-corrected chi connectivity index (χ3v) is 3.77. The summed E-state index contributed by atoms with van der Waals surface area (Å²) < 4.78 is 0. The molecule has 0 aliphatic carbocycles. The summed E-state index contributed by atoms with van der Waals surface area (Å²) in [4.78, 5) is 27.9. The lowest BCUT2D eigenvalue weighted by Gasteiger charge is -2.25. The molecule has 0 saturated carbocycles. The van der Waals surface area contributed by atoms with Crippen LogP contribution in [0.25, 0.3) is 0 Å². The maximum Gasteiger partial charge on any atom is 0.317 e. The SMILES string of the molecule is C=C(C)CCN1CCN(CC(=O)O)CCN(CC(=O)O)CC1. The summed E-state index contributed by atoms with van der Waals surface area (Å²) in [5, 5.41) is 18.0. The zero-order chi connectivity index (χ0) is 16.5. The highest BCUT2D eigenvalue weighted by molar-refractivity contribution is 5.69. The lowest BCUT2D eigenvalue weighted by molar-refractivity contribution is -0.140. The van der Waals surface area contributed by atoms with E-state index in [0.29, 0.717) is 26.2 Å². The number of rotatable bonds is 7. The molecule has 0 radical (unpaired) electrons. The smallest absolute Gasteiger partial charge is 0.317 e. The van der Waals surface area contributed by atoms with Crippen LogP contribution in [0.3, 0.4) is 0 Å². The van der Waals surface area contributed by atoms with Crippen LogP contribution in [0.4, 0.5) is 0 Å². The molecule has 7 nitrogen and oxygen atoms in total. The Labute approximate surface area is 131 Å². The molecule has 0 atom stereocenters. The average Bonchev–Trinajstić information content (AvgIpc) is 2.48. The molecule has 1 rings (SSSR count). The third-order valence-electron chi connectivity index (χ3n) is 3.77. The topological polar surface area (TPSA) is 84.3 Å². The second-order valence-electron chi connectivity index (χ2n) is 5.89. The van der Waals surface area contributed by atoms with Crippen molar-refractivity contribution in [1.29, 1.82) is 0 Å². The molecule has 0 unspecified atom stereocenters. The van der Waals surface area contributed by atoms with E-state index in [4.69, 9.17) is 10.2 Å². The summed E-state index contributed by atoms with van der Waals surface area (Å²) in [6, 6.07) is 0. The summed E-state index contributed by atoms with van der Waals surface area (Å²) in [7, 11) is 0. The summed E-state index contributed by atoms with van der Waals surface area (Å²) in [5.41, 5.74) is 1.12. The Morgan fingerprint density at radius 2 is 1.23 bits per heavy atom. The highest BCUT2D eigenvalue weighted by Crippen LogP contribution is 2.04. The molecule has 1 fully saturated rings. The van der Waals surface area contributed by atoms with Gasteiger partial charge in [-0.3, -0.25) is 19.4 Å². The van der Waals surface area contributed by atoms with Gasteiger partial charge in [-0.05, 0) is 13.3 Å². The molecule has 0 aromatic carbocycles. The minimum Gasteiger partial charge on any atom is -0.480 e. The first-order valence-corrected chi connectivity index (χ1v) is 7.62. The lowest BCUT2D eigenvalue weighted by atomic mass is 10.2. The van der Waals surface area contributed by atoms with Crippen molar-refractivity contribution in [3.63, 3.8) is 0 Å². The Kier molecular flexibility index (Phi) is 8.08. The van der Waals surface area contributed by atoms with Gasteiger partial charge < -0.3 is 15.1 Å². The normalized spacial score (nSPS) is 19.1. The minimum absolute atomic E-state index is 0.00472. The Bertz CT molecular complexity index is 372. The molecule has 1 saturated heterocycles. The molecular formula is C15H27N3O4. The summed E-state index contributed by atoms with van der Waals surface area (Å²) in [5.74, 6) is -1.70. The summed E-state index contributed by atoms with van der Waals surface area (Å²) >= 11 is 0. The van der Waals surface area contributed by atoms with Gasteiger partial charge >= 0.3 is 11.9 Å². The Morgan fingerprint density at radius 3 is 1.55 bits per heavy atom. The highest BCUT2D eigenvalue weighted by Gasteiger charge is 2.19. The maximum absolute atomic E-state index is 10.9. The second-order valence-corrected chi connectivity index (χ2v) is 5.89. The van der Waals surface area contributed by atoms with Gasteiger partial charge in [0.05, 0.1) is 13.1 Å². The molecule has 1 aliphatic rings. The van der Waals surface area contributed by atoms with E-state index in [1.165, 1.54) is 0 Å². The maximum atomic E-state index is 10.9. The number of hydrogen-bond acceptors (Lipinski definition) is 5. The molecule has 0 aromatic heterocycles. The van der Waals surface area contributed by atoms with Crippen molar-refractivity contribution in [3.05, 3.63) is 12.2 Å². The number of aliphatic carboxylic acids is 2. The van der Waals surface area contributed by atoms with E-state index in [-0.39, 0.29) is 13.1 Å². The zero-order valence-corrected chi connectivity index (χ0v) is 13.3. The van der Waals surface area contributed by atoms with Gasteiger partial charge in [0.25, 0.3) is 0 Å². The largest absolute Gasteiger partial charge is 0.480 e. The second kappa shape index (κ2) is 9.55. The molecule has 1 aliphatic heterocycles. The first-order chi connectivity index (χ1) is 10.4. The van der Waals surface area contributed by atoms with Crippen molar-refractivity contribution in [1.82, 2.24) is 14.7 Å². The standard InChI is InChI=1S/C15H27N3O4/c1-13(2)3-4-16-5-7-17(11-14(19)20)9-10-18(8-6-16)12-15(21)22/h1,3-12H2,2H3,(H,19,20)(H,21,22). The summed E-state index contributed by atoms with van der Waals surface area (Å²) in [6.45, 7) is 10.9. The fourth-order valence-corrected chi connectivity index (χ4v) is 2.46. The number of hydrogen-bond donors (Lipinski definition) is 2. The molecule has 0 spiro atoms. The van der Waals surface area contributed by atoms with Gasteiger partial charge in [0.2, 0.25) is 0 Å². The van der Waals surface area contributed by atoms with E-state index in [0.717, 1.165) is 31.6 Å². The van der Waals surface area contributed by atoms with Gasteiger partial charge in [0.15, 0.2) is 0 Å². The van der Waals surface area contributed by atoms with Crippen LogP contribution in [-0.2, 0) is 9.59 Å². The Morgan fingerprint density at radius 1 is 0.864 bits per heavy atom. The first-order valence-electron chi connectivity index (χ1n) is 7.62. The Balaban J connectivity index is 2.65. The van der Waals surface area contributed by atoms with Gasteiger partial charge in [0.1, 0.15) is 0 Å². The monoisotopic (exact) mass is 313 g/mol. The molecule has 0 amide bonds. The molecule has 22 heavy (non-hydrogen) atoms.